The summed E-state index contributed by atoms with van der Waals surface area (Å²) in [5.41, 5.74) is 1.28. The molecule has 1 aromatic carbocycles. The van der Waals surface area contributed by atoms with Gasteiger partial charge < -0.3 is 15.0 Å². The van der Waals surface area contributed by atoms with Crippen LogP contribution in [0.5, 0.6) is 5.75 Å². The maximum atomic E-state index is 5.27. The van der Waals surface area contributed by atoms with Crippen LogP contribution in [0, 0.1) is 0 Å². The highest BCUT2D eigenvalue weighted by molar-refractivity contribution is 9.10. The molecule has 1 atom stereocenters. The van der Waals surface area contributed by atoms with Gasteiger partial charge in [0.25, 0.3) is 0 Å². The maximum absolute atomic E-state index is 5.27. The zero-order chi connectivity index (χ0) is 15.2. The molecule has 0 saturated carbocycles. The summed E-state index contributed by atoms with van der Waals surface area (Å²) in [4.78, 5) is 4.92. The lowest BCUT2D eigenvalue weighted by Crippen LogP contribution is -2.46. The number of nitrogens with one attached hydrogen (secondary N) is 1. The molecule has 0 aromatic heterocycles. The first-order valence-electron chi connectivity index (χ1n) is 7.58. The first-order valence-corrected chi connectivity index (χ1v) is 8.37. The number of piperazine rings is 1. The molecule has 0 aliphatic carbocycles. The van der Waals surface area contributed by atoms with Gasteiger partial charge in [0, 0.05) is 45.3 Å². The second-order valence-electron chi connectivity index (χ2n) is 5.71. The number of rotatable bonds is 6. The van der Waals surface area contributed by atoms with Gasteiger partial charge in [-0.2, -0.15) is 0 Å². The van der Waals surface area contributed by atoms with E-state index in [2.05, 4.69) is 57.2 Å². The Hall–Kier alpha value is -0.620. The van der Waals surface area contributed by atoms with Gasteiger partial charge in [0.15, 0.2) is 0 Å². The van der Waals surface area contributed by atoms with Crippen LogP contribution in [0.1, 0.15) is 18.5 Å². The summed E-state index contributed by atoms with van der Waals surface area (Å²) in [6.07, 6.45) is 0. The molecule has 1 fully saturated rings. The van der Waals surface area contributed by atoms with Gasteiger partial charge in [-0.1, -0.05) is 6.07 Å². The van der Waals surface area contributed by atoms with Crippen LogP contribution < -0.4 is 10.1 Å². The number of ether oxygens (including phenoxy) is 1. The van der Waals surface area contributed by atoms with E-state index in [1.54, 1.807) is 7.11 Å². The molecule has 1 saturated heterocycles. The highest BCUT2D eigenvalue weighted by atomic mass is 79.9. The third kappa shape index (κ3) is 4.95. The Morgan fingerprint density at radius 3 is 2.62 bits per heavy atom. The fourth-order valence-corrected chi connectivity index (χ4v) is 3.14. The molecule has 4 nitrogen and oxygen atoms in total. The van der Waals surface area contributed by atoms with Crippen molar-refractivity contribution < 1.29 is 4.74 Å². The molecule has 5 heteroatoms. The standard InChI is InChI=1S/C16H26BrN3O/c1-13(14-4-5-16(21-3)15(17)12-14)18-6-7-20-10-8-19(2)9-11-20/h4-5,12-13,18H,6-11H2,1-3H3. The van der Waals surface area contributed by atoms with E-state index in [0.29, 0.717) is 6.04 Å². The van der Waals surface area contributed by atoms with Gasteiger partial charge in [-0.15, -0.1) is 0 Å². The average Bonchev–Trinajstić information content (AvgIpc) is 2.49. The quantitative estimate of drug-likeness (QED) is 0.847. The number of hydrogen-bond donors (Lipinski definition) is 1. The van der Waals surface area contributed by atoms with Crippen LogP contribution in [0.2, 0.25) is 0 Å². The SMILES string of the molecule is COc1ccc(C(C)NCCN2CCN(C)CC2)cc1Br. The van der Waals surface area contributed by atoms with E-state index >= 15 is 0 Å². The van der Waals surface area contributed by atoms with Crippen LogP contribution in [-0.2, 0) is 0 Å². The van der Waals surface area contributed by atoms with Gasteiger partial charge in [-0.3, -0.25) is 4.90 Å². The molecule has 0 bridgehead atoms. The van der Waals surface area contributed by atoms with Crippen molar-refractivity contribution in [3.63, 3.8) is 0 Å². The van der Waals surface area contributed by atoms with Crippen molar-refractivity contribution in [2.45, 2.75) is 13.0 Å². The van der Waals surface area contributed by atoms with Gasteiger partial charge in [0.05, 0.1) is 11.6 Å². The molecule has 118 valence electrons. The van der Waals surface area contributed by atoms with Gasteiger partial charge in [-0.05, 0) is 47.6 Å². The van der Waals surface area contributed by atoms with Crippen molar-refractivity contribution in [1.82, 2.24) is 15.1 Å². The van der Waals surface area contributed by atoms with E-state index in [-0.39, 0.29) is 0 Å². The number of hydrogen-bond acceptors (Lipinski definition) is 4. The molecule has 0 radical (unpaired) electrons. The second kappa shape index (κ2) is 8.13. The van der Waals surface area contributed by atoms with Gasteiger partial charge in [0.1, 0.15) is 5.75 Å². The van der Waals surface area contributed by atoms with Crippen LogP contribution in [0.4, 0.5) is 0 Å². The molecule has 1 aromatic rings. The third-order valence-corrected chi connectivity index (χ3v) is 4.77. The largest absolute Gasteiger partial charge is 0.496 e. The van der Waals surface area contributed by atoms with Crippen molar-refractivity contribution in [1.29, 1.82) is 0 Å². The summed E-state index contributed by atoms with van der Waals surface area (Å²) in [6, 6.07) is 6.61. The van der Waals surface area contributed by atoms with E-state index < -0.39 is 0 Å². The monoisotopic (exact) mass is 355 g/mol. The van der Waals surface area contributed by atoms with Gasteiger partial charge in [0.2, 0.25) is 0 Å². The summed E-state index contributed by atoms with van der Waals surface area (Å²) < 4.78 is 6.28. The molecule has 0 spiro atoms. The topological polar surface area (TPSA) is 27.7 Å². The Kier molecular flexibility index (Phi) is 6.48. The number of likely N-dealkylation sites (N-methyl/N-ethyl adjacent to an activating group) is 1. The summed E-state index contributed by atoms with van der Waals surface area (Å²) >= 11 is 3.55. The molecular weight excluding hydrogens is 330 g/mol. The summed E-state index contributed by atoms with van der Waals surface area (Å²) in [7, 11) is 3.89. The normalized spacial score (nSPS) is 18.7. The van der Waals surface area contributed by atoms with E-state index in [9.17, 15) is 0 Å². The Morgan fingerprint density at radius 1 is 1.29 bits per heavy atom. The molecule has 1 aliphatic heterocycles. The van der Waals surface area contributed by atoms with Crippen LogP contribution in [-0.4, -0.2) is 63.2 Å². The zero-order valence-corrected chi connectivity index (χ0v) is 14.8. The van der Waals surface area contributed by atoms with E-state index in [4.69, 9.17) is 4.74 Å². The molecule has 1 heterocycles. The minimum absolute atomic E-state index is 0.347. The Labute approximate surface area is 136 Å². The number of methoxy groups -OCH3 is 1. The minimum Gasteiger partial charge on any atom is -0.496 e. The highest BCUT2D eigenvalue weighted by Gasteiger charge is 2.14. The summed E-state index contributed by atoms with van der Waals surface area (Å²) in [6.45, 7) is 9.07. The third-order valence-electron chi connectivity index (χ3n) is 4.15. The second-order valence-corrected chi connectivity index (χ2v) is 6.57. The number of nitrogens with zero attached hydrogens (tertiary/aromatic N) is 2. The Morgan fingerprint density at radius 2 is 2.00 bits per heavy atom. The molecular formula is C16H26BrN3O. The number of benzene rings is 1. The van der Waals surface area contributed by atoms with Crippen LogP contribution in [0.3, 0.4) is 0 Å². The Balaban J connectivity index is 1.76. The lowest BCUT2D eigenvalue weighted by molar-refractivity contribution is 0.154. The smallest absolute Gasteiger partial charge is 0.133 e. The minimum atomic E-state index is 0.347. The maximum Gasteiger partial charge on any atom is 0.133 e. The Bertz CT molecular complexity index is 447. The molecule has 2 rings (SSSR count). The fraction of sp³-hybridized carbons (Fsp3) is 0.625. The van der Waals surface area contributed by atoms with Crippen LogP contribution in [0.25, 0.3) is 0 Å². The zero-order valence-electron chi connectivity index (χ0n) is 13.2. The average molecular weight is 356 g/mol. The van der Waals surface area contributed by atoms with Crippen molar-refractivity contribution in [3.8, 4) is 5.75 Å². The predicted molar refractivity (Wildman–Crippen MR) is 91.0 cm³/mol. The van der Waals surface area contributed by atoms with E-state index in [1.807, 2.05) is 6.07 Å². The molecule has 0 amide bonds. The van der Waals surface area contributed by atoms with E-state index in [1.165, 1.54) is 31.7 Å². The van der Waals surface area contributed by atoms with Gasteiger partial charge >= 0.3 is 0 Å². The van der Waals surface area contributed by atoms with Crippen molar-refractivity contribution in [2.24, 2.45) is 0 Å². The predicted octanol–water partition coefficient (Wildman–Crippen LogP) is 2.36. The van der Waals surface area contributed by atoms with Gasteiger partial charge in [-0.25, -0.2) is 0 Å². The van der Waals surface area contributed by atoms with Crippen LogP contribution in [0.15, 0.2) is 22.7 Å². The number of halogens is 1. The molecule has 21 heavy (non-hydrogen) atoms. The van der Waals surface area contributed by atoms with Crippen molar-refractivity contribution in [2.75, 3.05) is 53.4 Å². The lowest BCUT2D eigenvalue weighted by atomic mass is 10.1. The first kappa shape index (κ1) is 16.7. The first-order chi connectivity index (χ1) is 10.1. The summed E-state index contributed by atoms with van der Waals surface area (Å²) in [5.74, 6) is 0.878. The van der Waals surface area contributed by atoms with Crippen molar-refractivity contribution in [3.05, 3.63) is 28.2 Å². The highest BCUT2D eigenvalue weighted by Crippen LogP contribution is 2.27. The molecule has 1 aliphatic rings. The fourth-order valence-electron chi connectivity index (χ4n) is 2.58. The van der Waals surface area contributed by atoms with Crippen LogP contribution >= 0.6 is 15.9 Å². The molecule has 1 unspecified atom stereocenters. The van der Waals surface area contributed by atoms with Crippen molar-refractivity contribution >= 4 is 15.9 Å². The summed E-state index contributed by atoms with van der Waals surface area (Å²) in [5, 5.41) is 3.61. The van der Waals surface area contributed by atoms with E-state index in [0.717, 1.165) is 23.3 Å². The molecule has 1 N–H and O–H groups in total. The lowest BCUT2D eigenvalue weighted by Gasteiger charge is -2.32.